The highest BCUT2D eigenvalue weighted by molar-refractivity contribution is 5.45. The molecule has 4 rings (SSSR count). The standard InChI is InChI=1S/C19H17F3N4O3/c1-26(27,28)14-6-2-12(3-7-14)16-10-17(16)18-23-11-25(24-18)13-4-8-15(9-5-13)29-19(20,21)22/h2-9,11,16-17,27H,10H2,1H3. The lowest BCUT2D eigenvalue weighted by molar-refractivity contribution is -0.274. The van der Waals surface area contributed by atoms with Gasteiger partial charge in [0.05, 0.1) is 5.69 Å². The van der Waals surface area contributed by atoms with E-state index in [1.165, 1.54) is 35.3 Å². The average Bonchev–Trinajstić information content (AvgIpc) is 3.29. The number of hydrogen-bond acceptors (Lipinski definition) is 5. The van der Waals surface area contributed by atoms with E-state index in [9.17, 15) is 23.6 Å². The summed E-state index contributed by atoms with van der Waals surface area (Å²) < 4.78 is 42.1. The van der Waals surface area contributed by atoms with Crippen molar-refractivity contribution < 1.29 is 23.1 Å². The van der Waals surface area contributed by atoms with Gasteiger partial charge in [0.25, 0.3) is 0 Å². The summed E-state index contributed by atoms with van der Waals surface area (Å²) in [5.41, 5.74) is 1.83. The molecule has 1 heterocycles. The Morgan fingerprint density at radius 2 is 1.76 bits per heavy atom. The number of ether oxygens (including phenoxy) is 1. The Morgan fingerprint density at radius 3 is 2.34 bits per heavy atom. The topological polar surface area (TPSA) is 83.2 Å². The van der Waals surface area contributed by atoms with E-state index in [0.29, 0.717) is 11.5 Å². The van der Waals surface area contributed by atoms with Crippen LogP contribution < -0.4 is 9.55 Å². The minimum Gasteiger partial charge on any atom is -0.593 e. The number of rotatable bonds is 5. The van der Waals surface area contributed by atoms with E-state index in [-0.39, 0.29) is 23.3 Å². The van der Waals surface area contributed by atoms with Crippen LogP contribution >= 0.6 is 0 Å². The van der Waals surface area contributed by atoms with Gasteiger partial charge in [-0.15, -0.1) is 13.2 Å². The van der Waals surface area contributed by atoms with Crippen LogP contribution in [0.4, 0.5) is 18.9 Å². The molecule has 7 nitrogen and oxygen atoms in total. The zero-order chi connectivity index (χ0) is 20.8. The van der Waals surface area contributed by atoms with E-state index in [0.717, 1.165) is 19.0 Å². The summed E-state index contributed by atoms with van der Waals surface area (Å²) in [6.45, 7) is 0. The van der Waals surface area contributed by atoms with E-state index in [4.69, 9.17) is 0 Å². The van der Waals surface area contributed by atoms with Gasteiger partial charge in [-0.25, -0.2) is 14.9 Å². The number of halogens is 3. The van der Waals surface area contributed by atoms with Crippen molar-refractivity contribution >= 4 is 5.69 Å². The van der Waals surface area contributed by atoms with Gasteiger partial charge in [-0.1, -0.05) is 12.1 Å². The minimum absolute atomic E-state index is 0.122. The molecule has 29 heavy (non-hydrogen) atoms. The number of alkyl halides is 3. The fraction of sp³-hybridized carbons (Fsp3) is 0.263. The van der Waals surface area contributed by atoms with Gasteiger partial charge < -0.3 is 9.94 Å². The van der Waals surface area contributed by atoms with E-state index >= 15 is 0 Å². The summed E-state index contributed by atoms with van der Waals surface area (Å²) >= 11 is 0. The molecule has 1 saturated carbocycles. The summed E-state index contributed by atoms with van der Waals surface area (Å²) in [7, 11) is 1.13. The lowest BCUT2D eigenvalue weighted by atomic mass is 10.1. The molecular weight excluding hydrogens is 389 g/mol. The SMILES string of the molecule is C[N+]([O-])(O)c1ccc(C2CC2c2ncn(-c3ccc(OC(F)(F)F)cc3)n2)cc1. The third-order valence-electron chi connectivity index (χ3n) is 4.77. The first-order valence-corrected chi connectivity index (χ1v) is 8.79. The highest BCUT2D eigenvalue weighted by Gasteiger charge is 2.42. The Balaban J connectivity index is 1.44. The summed E-state index contributed by atoms with van der Waals surface area (Å²) in [5, 5.41) is 25.4. The van der Waals surface area contributed by atoms with Crippen molar-refractivity contribution in [2.45, 2.75) is 24.6 Å². The van der Waals surface area contributed by atoms with Crippen LogP contribution in [0.25, 0.3) is 5.69 Å². The predicted molar refractivity (Wildman–Crippen MR) is 97.5 cm³/mol. The third-order valence-corrected chi connectivity index (χ3v) is 4.77. The second-order valence-corrected chi connectivity index (χ2v) is 7.01. The Labute approximate surface area is 163 Å². The van der Waals surface area contributed by atoms with Gasteiger partial charge in [0.1, 0.15) is 19.1 Å². The number of hydrogen-bond donors (Lipinski definition) is 1. The fourth-order valence-corrected chi connectivity index (χ4v) is 3.22. The maximum Gasteiger partial charge on any atom is 0.573 e. The van der Waals surface area contributed by atoms with E-state index < -0.39 is 11.2 Å². The van der Waals surface area contributed by atoms with Gasteiger partial charge in [0.2, 0.25) is 0 Å². The monoisotopic (exact) mass is 406 g/mol. The average molecular weight is 406 g/mol. The predicted octanol–water partition coefficient (Wildman–Crippen LogP) is 4.26. The Kier molecular flexibility index (Phi) is 4.56. The molecule has 2 aromatic carbocycles. The van der Waals surface area contributed by atoms with Crippen molar-refractivity contribution in [1.82, 2.24) is 19.6 Å². The highest BCUT2D eigenvalue weighted by Crippen LogP contribution is 2.53. The summed E-state index contributed by atoms with van der Waals surface area (Å²) in [5.74, 6) is 0.674. The second-order valence-electron chi connectivity index (χ2n) is 7.01. The van der Waals surface area contributed by atoms with Crippen LogP contribution in [0.1, 0.15) is 29.6 Å². The van der Waals surface area contributed by atoms with Crippen molar-refractivity contribution in [3.05, 3.63) is 71.5 Å². The fourth-order valence-electron chi connectivity index (χ4n) is 3.22. The molecule has 0 bridgehead atoms. The largest absolute Gasteiger partial charge is 0.593 e. The van der Waals surface area contributed by atoms with Gasteiger partial charge in [-0.2, -0.15) is 9.91 Å². The van der Waals surface area contributed by atoms with Gasteiger partial charge in [-0.05, 0) is 42.2 Å². The first-order valence-electron chi connectivity index (χ1n) is 8.79. The summed E-state index contributed by atoms with van der Waals surface area (Å²) in [6.07, 6.45) is -2.37. The lowest BCUT2D eigenvalue weighted by Gasteiger charge is -2.27. The normalized spacial score (nSPS) is 20.9. The molecular formula is C19H17F3N4O3. The summed E-state index contributed by atoms with van der Waals surface area (Å²) in [4.78, 5) is 2.84. The molecule has 152 valence electrons. The Bertz CT molecular complexity index is 995. The van der Waals surface area contributed by atoms with Gasteiger partial charge in [0.15, 0.2) is 11.5 Å². The van der Waals surface area contributed by atoms with E-state index in [2.05, 4.69) is 14.8 Å². The molecule has 3 unspecified atom stereocenters. The molecule has 0 saturated heterocycles. The van der Waals surface area contributed by atoms with E-state index in [1.54, 1.807) is 24.3 Å². The van der Waals surface area contributed by atoms with Crippen molar-refractivity contribution in [2.24, 2.45) is 0 Å². The van der Waals surface area contributed by atoms with E-state index in [1.807, 2.05) is 0 Å². The molecule has 1 aromatic heterocycles. The molecule has 3 aromatic rings. The van der Waals surface area contributed by atoms with Crippen molar-refractivity contribution in [1.29, 1.82) is 0 Å². The number of quaternary nitrogens is 1. The molecule has 0 amide bonds. The van der Waals surface area contributed by atoms with Gasteiger partial charge >= 0.3 is 6.36 Å². The second kappa shape index (κ2) is 6.83. The molecule has 1 fully saturated rings. The lowest BCUT2D eigenvalue weighted by Crippen LogP contribution is -2.33. The van der Waals surface area contributed by atoms with Crippen LogP contribution in [0.15, 0.2) is 54.9 Å². The van der Waals surface area contributed by atoms with Crippen molar-refractivity contribution in [2.75, 3.05) is 7.05 Å². The molecule has 0 radical (unpaired) electrons. The first kappa shape index (κ1) is 19.4. The molecule has 0 spiro atoms. The molecule has 1 aliphatic carbocycles. The first-order chi connectivity index (χ1) is 13.6. The zero-order valence-electron chi connectivity index (χ0n) is 15.2. The molecule has 0 aliphatic heterocycles. The maximum atomic E-state index is 12.2. The number of benzene rings is 2. The molecule has 1 N–H and O–H groups in total. The van der Waals surface area contributed by atoms with Crippen LogP contribution in [-0.2, 0) is 0 Å². The third kappa shape index (κ3) is 4.39. The van der Waals surface area contributed by atoms with Crippen LogP contribution in [0, 0.1) is 5.21 Å². The Hall–Kier alpha value is -2.95. The van der Waals surface area contributed by atoms with Crippen LogP contribution in [0.2, 0.25) is 0 Å². The van der Waals surface area contributed by atoms with Crippen LogP contribution in [0.3, 0.4) is 0 Å². The smallest absolute Gasteiger partial charge is 0.573 e. The summed E-state index contributed by atoms with van der Waals surface area (Å²) in [6, 6.07) is 12.2. The molecule has 10 heteroatoms. The van der Waals surface area contributed by atoms with Crippen LogP contribution in [0.5, 0.6) is 5.75 Å². The number of hydroxylamine groups is 2. The quantitative estimate of drug-likeness (QED) is 0.506. The van der Waals surface area contributed by atoms with Crippen LogP contribution in [-0.4, -0.2) is 33.4 Å². The molecule has 3 atom stereocenters. The van der Waals surface area contributed by atoms with Gasteiger partial charge in [-0.3, -0.25) is 0 Å². The van der Waals surface area contributed by atoms with Gasteiger partial charge in [0, 0.05) is 18.1 Å². The van der Waals surface area contributed by atoms with Crippen molar-refractivity contribution in [3.63, 3.8) is 0 Å². The highest BCUT2D eigenvalue weighted by atomic mass is 19.4. The number of aromatic nitrogens is 3. The zero-order valence-corrected chi connectivity index (χ0v) is 15.2. The minimum atomic E-state index is -4.73. The van der Waals surface area contributed by atoms with Crippen molar-refractivity contribution in [3.8, 4) is 11.4 Å². The maximum absolute atomic E-state index is 12.2. The Morgan fingerprint density at radius 1 is 1.10 bits per heavy atom. The number of nitrogens with zero attached hydrogens (tertiary/aromatic N) is 4. The molecule has 1 aliphatic rings.